The molecular weight excluding hydrogens is 414 g/mol. The van der Waals surface area contributed by atoms with E-state index in [1.807, 2.05) is 13.8 Å². The Hall–Kier alpha value is -2.79. The maximum atomic E-state index is 12.0. The first kappa shape index (κ1) is 20.9. The van der Waals surface area contributed by atoms with E-state index in [1.165, 1.54) is 12.1 Å². The Morgan fingerprint density at radius 1 is 1.00 bits per heavy atom. The Morgan fingerprint density at radius 3 is 2.14 bits per heavy atom. The maximum Gasteiger partial charge on any atom is 0.175 e. The molecule has 0 amide bonds. The van der Waals surface area contributed by atoms with E-state index in [0.717, 1.165) is 29.8 Å². The lowest BCUT2D eigenvalue weighted by molar-refractivity contribution is 0.599. The van der Waals surface area contributed by atoms with E-state index >= 15 is 0 Å². The van der Waals surface area contributed by atoms with Crippen molar-refractivity contribution in [3.63, 3.8) is 0 Å². The summed E-state index contributed by atoms with van der Waals surface area (Å²) < 4.78 is 47.8. The second kappa shape index (κ2) is 7.56. The predicted octanol–water partition coefficient (Wildman–Crippen LogP) is 1.96. The van der Waals surface area contributed by atoms with Crippen LogP contribution in [-0.4, -0.2) is 49.5 Å². The van der Waals surface area contributed by atoms with Gasteiger partial charge < -0.3 is 5.32 Å². The molecule has 29 heavy (non-hydrogen) atoms. The summed E-state index contributed by atoms with van der Waals surface area (Å²) in [6.07, 6.45) is 3.80. The van der Waals surface area contributed by atoms with E-state index in [9.17, 15) is 16.8 Å². The number of anilines is 2. The van der Waals surface area contributed by atoms with Crippen LogP contribution < -0.4 is 5.32 Å². The van der Waals surface area contributed by atoms with Gasteiger partial charge in [-0.15, -0.1) is 0 Å². The molecule has 154 valence electrons. The van der Waals surface area contributed by atoms with Crippen molar-refractivity contribution in [2.45, 2.75) is 30.1 Å². The summed E-state index contributed by atoms with van der Waals surface area (Å²) >= 11 is 0. The molecule has 0 aliphatic carbocycles. The van der Waals surface area contributed by atoms with Gasteiger partial charge in [0, 0.05) is 36.4 Å². The van der Waals surface area contributed by atoms with E-state index < -0.39 is 19.7 Å². The first-order valence-corrected chi connectivity index (χ1v) is 12.4. The molecule has 1 aromatic carbocycles. The Labute approximate surface area is 169 Å². The fourth-order valence-corrected chi connectivity index (χ4v) is 4.11. The first-order valence-electron chi connectivity index (χ1n) is 8.58. The fourth-order valence-electron chi connectivity index (χ4n) is 2.63. The molecule has 2 aromatic heterocycles. The van der Waals surface area contributed by atoms with E-state index in [0.29, 0.717) is 23.0 Å². The molecule has 0 aliphatic heterocycles. The molecule has 0 bridgehead atoms. The van der Waals surface area contributed by atoms with Crippen LogP contribution in [0.3, 0.4) is 0 Å². The summed E-state index contributed by atoms with van der Waals surface area (Å²) in [5.41, 5.74) is 2.38. The van der Waals surface area contributed by atoms with Crippen LogP contribution in [0.5, 0.6) is 0 Å². The second-order valence-electron chi connectivity index (χ2n) is 6.84. The molecule has 2 N–H and O–H groups in total. The average molecular weight is 436 g/mol. The van der Waals surface area contributed by atoms with Gasteiger partial charge in [0.2, 0.25) is 0 Å². The highest BCUT2D eigenvalue weighted by Gasteiger charge is 2.16. The van der Waals surface area contributed by atoms with E-state index in [2.05, 4.69) is 25.5 Å². The molecular formula is C18H21N5O4S2. The van der Waals surface area contributed by atoms with Crippen molar-refractivity contribution in [1.82, 2.24) is 20.2 Å². The van der Waals surface area contributed by atoms with Crippen LogP contribution >= 0.6 is 0 Å². The monoisotopic (exact) mass is 435 g/mol. The first-order chi connectivity index (χ1) is 13.4. The summed E-state index contributed by atoms with van der Waals surface area (Å²) in [6, 6.07) is 5.72. The summed E-state index contributed by atoms with van der Waals surface area (Å²) in [5, 5.41) is 10.2. The topological polar surface area (TPSA) is 135 Å². The van der Waals surface area contributed by atoms with E-state index in [1.54, 1.807) is 12.3 Å². The zero-order valence-electron chi connectivity index (χ0n) is 16.4. The molecule has 0 fully saturated rings. The van der Waals surface area contributed by atoms with Crippen LogP contribution in [0.4, 0.5) is 11.6 Å². The van der Waals surface area contributed by atoms with Gasteiger partial charge in [-0.05, 0) is 43.7 Å². The third-order valence-electron chi connectivity index (χ3n) is 4.36. The molecule has 3 rings (SSSR count). The molecule has 0 spiro atoms. The summed E-state index contributed by atoms with van der Waals surface area (Å²) in [5.74, 6) is 1.57. The lowest BCUT2D eigenvalue weighted by Crippen LogP contribution is -2.06. The van der Waals surface area contributed by atoms with Crippen molar-refractivity contribution in [3.05, 3.63) is 53.1 Å². The Balaban J connectivity index is 1.95. The minimum absolute atomic E-state index is 0.0627. The Kier molecular flexibility index (Phi) is 5.46. The summed E-state index contributed by atoms with van der Waals surface area (Å²) in [4.78, 5) is 8.51. The fraction of sp³-hybridized carbons (Fsp3) is 0.278. The van der Waals surface area contributed by atoms with Gasteiger partial charge in [-0.1, -0.05) is 0 Å². The average Bonchev–Trinajstić information content (AvgIpc) is 2.92. The van der Waals surface area contributed by atoms with Gasteiger partial charge in [0.25, 0.3) is 0 Å². The van der Waals surface area contributed by atoms with Gasteiger partial charge >= 0.3 is 0 Å². The predicted molar refractivity (Wildman–Crippen MR) is 109 cm³/mol. The smallest absolute Gasteiger partial charge is 0.175 e. The van der Waals surface area contributed by atoms with E-state index in [-0.39, 0.29) is 16.2 Å². The standard InChI is InChI=1S/C18H21N5O4S2/c1-11-12(2)22-23-18(11)21-16-5-6-19-17(20-16)9-13-7-14(28(3,24)25)10-15(8-13)29(4,26)27/h5-8,10H,9H2,1-4H3,(H2,19,20,21,22,23). The number of nitrogens with zero attached hydrogens (tertiary/aromatic N) is 3. The van der Waals surface area contributed by atoms with Crippen LogP contribution in [0, 0.1) is 13.8 Å². The number of sulfone groups is 2. The van der Waals surface area contributed by atoms with Crippen LogP contribution in [0.25, 0.3) is 0 Å². The highest BCUT2D eigenvalue weighted by molar-refractivity contribution is 7.91. The van der Waals surface area contributed by atoms with Crippen LogP contribution in [0.1, 0.15) is 22.6 Å². The van der Waals surface area contributed by atoms with Gasteiger partial charge in [0.05, 0.1) is 9.79 Å². The molecule has 0 unspecified atom stereocenters. The van der Waals surface area contributed by atoms with Crippen molar-refractivity contribution < 1.29 is 16.8 Å². The van der Waals surface area contributed by atoms with Gasteiger partial charge in [-0.3, -0.25) is 5.10 Å². The lowest BCUT2D eigenvalue weighted by Gasteiger charge is -2.09. The van der Waals surface area contributed by atoms with Crippen molar-refractivity contribution in [2.24, 2.45) is 0 Å². The van der Waals surface area contributed by atoms with Gasteiger partial charge in [-0.2, -0.15) is 5.10 Å². The highest BCUT2D eigenvalue weighted by atomic mass is 32.2. The summed E-state index contributed by atoms with van der Waals surface area (Å²) in [7, 11) is -7.16. The number of aromatic amines is 1. The van der Waals surface area contributed by atoms with E-state index in [4.69, 9.17) is 0 Å². The van der Waals surface area contributed by atoms with Crippen LogP contribution in [-0.2, 0) is 26.1 Å². The van der Waals surface area contributed by atoms with Gasteiger partial charge in [0.1, 0.15) is 11.6 Å². The molecule has 3 aromatic rings. The molecule has 0 saturated heterocycles. The number of benzene rings is 1. The molecule has 11 heteroatoms. The SMILES string of the molecule is Cc1[nH]nc(Nc2ccnc(Cc3cc(S(C)(=O)=O)cc(S(C)(=O)=O)c3)n2)c1C. The van der Waals surface area contributed by atoms with Gasteiger partial charge in [-0.25, -0.2) is 26.8 Å². The number of H-pyrrole nitrogens is 1. The molecule has 2 heterocycles. The number of rotatable bonds is 6. The zero-order chi connectivity index (χ0) is 21.4. The van der Waals surface area contributed by atoms with Crippen LogP contribution in [0.15, 0.2) is 40.3 Å². The lowest BCUT2D eigenvalue weighted by atomic mass is 10.1. The van der Waals surface area contributed by atoms with Crippen molar-refractivity contribution >= 4 is 31.3 Å². The number of nitrogens with one attached hydrogen (secondary N) is 2. The third-order valence-corrected chi connectivity index (χ3v) is 6.55. The second-order valence-corrected chi connectivity index (χ2v) is 10.9. The number of aromatic nitrogens is 4. The number of hydrogen-bond donors (Lipinski definition) is 2. The zero-order valence-corrected chi connectivity index (χ0v) is 18.0. The minimum atomic E-state index is -3.58. The molecule has 0 atom stereocenters. The molecule has 0 radical (unpaired) electrons. The van der Waals surface area contributed by atoms with Crippen LogP contribution in [0.2, 0.25) is 0 Å². The van der Waals surface area contributed by atoms with Crippen molar-refractivity contribution in [1.29, 1.82) is 0 Å². The number of aryl methyl sites for hydroxylation is 1. The minimum Gasteiger partial charge on any atom is -0.323 e. The number of hydrogen-bond acceptors (Lipinski definition) is 8. The summed E-state index contributed by atoms with van der Waals surface area (Å²) in [6.45, 7) is 3.83. The van der Waals surface area contributed by atoms with Gasteiger partial charge in [0.15, 0.2) is 25.5 Å². The van der Waals surface area contributed by atoms with Crippen molar-refractivity contribution in [3.8, 4) is 0 Å². The third kappa shape index (κ3) is 4.98. The van der Waals surface area contributed by atoms with Crippen molar-refractivity contribution in [2.75, 3.05) is 17.8 Å². The molecule has 9 nitrogen and oxygen atoms in total. The molecule has 0 aliphatic rings. The normalized spacial score (nSPS) is 12.1. The highest BCUT2D eigenvalue weighted by Crippen LogP contribution is 2.22. The largest absolute Gasteiger partial charge is 0.323 e. The Bertz CT molecular complexity index is 1230. The maximum absolute atomic E-state index is 12.0. The quantitative estimate of drug-likeness (QED) is 0.600. The Morgan fingerprint density at radius 2 is 1.62 bits per heavy atom. The molecule has 0 saturated carbocycles.